The molecule has 27 heavy (non-hydrogen) atoms. The third kappa shape index (κ3) is 5.30. The van der Waals surface area contributed by atoms with E-state index in [-0.39, 0.29) is 28.9 Å². The van der Waals surface area contributed by atoms with Crippen molar-refractivity contribution in [3.05, 3.63) is 45.6 Å². The van der Waals surface area contributed by atoms with E-state index in [1.807, 2.05) is 17.5 Å². The summed E-state index contributed by atoms with van der Waals surface area (Å²) >= 11 is 7.80. The lowest BCUT2D eigenvalue weighted by Gasteiger charge is -2.26. The maximum Gasteiger partial charge on any atom is 0.244 e. The highest BCUT2D eigenvalue weighted by Crippen LogP contribution is 2.28. The van der Waals surface area contributed by atoms with Crippen molar-refractivity contribution < 1.29 is 17.9 Å². The maximum absolute atomic E-state index is 12.8. The van der Waals surface area contributed by atoms with E-state index >= 15 is 0 Å². The standard InChI is InChI=1S/C18H21ClN2O4S2/c19-16-7-6-14(20-18(22)5-1-3-15-4-2-12-26-15)13-17(16)27(23,24)21-8-10-25-11-9-21/h2,4,6-7,12-13H,1,3,5,8-11H2,(H,20,22). The molecule has 1 aliphatic rings. The number of hydrogen-bond donors (Lipinski definition) is 1. The van der Waals surface area contributed by atoms with Crippen LogP contribution in [0, 0.1) is 0 Å². The largest absolute Gasteiger partial charge is 0.379 e. The molecule has 0 bridgehead atoms. The monoisotopic (exact) mass is 428 g/mol. The van der Waals surface area contributed by atoms with Gasteiger partial charge >= 0.3 is 0 Å². The van der Waals surface area contributed by atoms with Crippen molar-refractivity contribution in [1.29, 1.82) is 0 Å². The summed E-state index contributed by atoms with van der Waals surface area (Å²) < 4.78 is 32.2. The fraction of sp³-hybridized carbons (Fsp3) is 0.389. The highest BCUT2D eigenvalue weighted by atomic mass is 35.5. The Morgan fingerprint density at radius 2 is 2.04 bits per heavy atom. The van der Waals surface area contributed by atoms with Gasteiger partial charge in [-0.15, -0.1) is 11.3 Å². The van der Waals surface area contributed by atoms with E-state index in [9.17, 15) is 13.2 Å². The van der Waals surface area contributed by atoms with Gasteiger partial charge in [0.25, 0.3) is 0 Å². The van der Waals surface area contributed by atoms with Crippen molar-refractivity contribution >= 4 is 44.6 Å². The third-order valence-corrected chi connectivity index (χ3v) is 7.53. The fourth-order valence-corrected chi connectivity index (χ4v) is 5.47. The van der Waals surface area contributed by atoms with Gasteiger partial charge in [-0.2, -0.15) is 4.31 Å². The number of nitrogens with zero attached hydrogens (tertiary/aromatic N) is 1. The Labute approximate surface area is 168 Å². The smallest absolute Gasteiger partial charge is 0.244 e. The first-order chi connectivity index (χ1) is 13.0. The molecule has 1 fully saturated rings. The average Bonchev–Trinajstić information content (AvgIpc) is 3.17. The zero-order chi connectivity index (χ0) is 19.3. The zero-order valence-corrected chi connectivity index (χ0v) is 17.1. The molecule has 9 heteroatoms. The van der Waals surface area contributed by atoms with Gasteiger partial charge < -0.3 is 10.1 Å². The molecule has 2 heterocycles. The molecule has 1 aromatic heterocycles. The number of hydrogen-bond acceptors (Lipinski definition) is 5. The van der Waals surface area contributed by atoms with Crippen LogP contribution >= 0.6 is 22.9 Å². The Kier molecular flexibility index (Phi) is 6.88. The van der Waals surface area contributed by atoms with Crippen LogP contribution in [0.25, 0.3) is 0 Å². The summed E-state index contributed by atoms with van der Waals surface area (Å²) in [6.45, 7) is 1.30. The SMILES string of the molecule is O=C(CCCc1cccs1)Nc1ccc(Cl)c(S(=O)(=O)N2CCOCC2)c1. The number of amides is 1. The summed E-state index contributed by atoms with van der Waals surface area (Å²) in [5, 5.41) is 4.91. The summed E-state index contributed by atoms with van der Waals surface area (Å²) in [6.07, 6.45) is 1.95. The fourth-order valence-electron chi connectivity index (χ4n) is 2.81. The lowest BCUT2D eigenvalue weighted by molar-refractivity contribution is -0.116. The van der Waals surface area contributed by atoms with Gasteiger partial charge in [0.05, 0.1) is 18.2 Å². The molecule has 0 atom stereocenters. The van der Waals surface area contributed by atoms with Crippen molar-refractivity contribution in [2.75, 3.05) is 31.6 Å². The summed E-state index contributed by atoms with van der Waals surface area (Å²) in [5.74, 6) is -0.149. The molecule has 1 saturated heterocycles. The minimum Gasteiger partial charge on any atom is -0.379 e. The normalized spacial score (nSPS) is 15.6. The predicted molar refractivity (Wildman–Crippen MR) is 107 cm³/mol. The number of halogens is 1. The van der Waals surface area contributed by atoms with Crippen LogP contribution in [0.1, 0.15) is 17.7 Å². The van der Waals surface area contributed by atoms with E-state index in [2.05, 4.69) is 5.32 Å². The van der Waals surface area contributed by atoms with Crippen LogP contribution < -0.4 is 5.32 Å². The number of thiophene rings is 1. The predicted octanol–water partition coefficient (Wildman–Crippen LogP) is 3.38. The molecule has 0 aliphatic carbocycles. The van der Waals surface area contributed by atoms with Crippen LogP contribution in [0.5, 0.6) is 0 Å². The maximum atomic E-state index is 12.8. The van der Waals surface area contributed by atoms with Crippen molar-refractivity contribution in [2.24, 2.45) is 0 Å². The molecule has 1 amide bonds. The quantitative estimate of drug-likeness (QED) is 0.733. The Hall–Kier alpha value is -1.45. The van der Waals surface area contributed by atoms with E-state index in [0.717, 1.165) is 12.8 Å². The first kappa shape index (κ1) is 20.3. The molecular formula is C18H21ClN2O4S2. The first-order valence-electron chi connectivity index (χ1n) is 8.66. The number of carbonyl (C=O) groups excluding carboxylic acids is 1. The molecule has 1 N–H and O–H groups in total. The lowest BCUT2D eigenvalue weighted by atomic mass is 10.2. The number of sulfonamides is 1. The molecule has 2 aromatic rings. The van der Waals surface area contributed by atoms with E-state index < -0.39 is 10.0 Å². The summed E-state index contributed by atoms with van der Waals surface area (Å²) in [4.78, 5) is 13.4. The first-order valence-corrected chi connectivity index (χ1v) is 11.4. The average molecular weight is 429 g/mol. The van der Waals surface area contributed by atoms with Crippen molar-refractivity contribution in [2.45, 2.75) is 24.2 Å². The highest BCUT2D eigenvalue weighted by Gasteiger charge is 2.28. The van der Waals surface area contributed by atoms with Crippen molar-refractivity contribution in [1.82, 2.24) is 4.31 Å². The Balaban J connectivity index is 1.64. The number of anilines is 1. The van der Waals surface area contributed by atoms with Crippen LogP contribution in [0.3, 0.4) is 0 Å². The van der Waals surface area contributed by atoms with E-state index in [0.29, 0.717) is 25.3 Å². The molecule has 0 spiro atoms. The topological polar surface area (TPSA) is 75.7 Å². The van der Waals surface area contributed by atoms with Crippen LogP contribution in [-0.2, 0) is 26.0 Å². The van der Waals surface area contributed by atoms with Gasteiger partial charge in [0.2, 0.25) is 15.9 Å². The number of ether oxygens (including phenoxy) is 1. The molecule has 1 aromatic carbocycles. The van der Waals surface area contributed by atoms with Gasteiger partial charge in [-0.3, -0.25) is 4.79 Å². The molecular weight excluding hydrogens is 408 g/mol. The molecule has 1 aliphatic heterocycles. The second-order valence-electron chi connectivity index (χ2n) is 6.14. The molecule has 0 radical (unpaired) electrons. The van der Waals surface area contributed by atoms with Crippen LogP contribution in [0.15, 0.2) is 40.6 Å². The molecule has 0 unspecified atom stereocenters. The Morgan fingerprint density at radius 3 is 2.74 bits per heavy atom. The molecule has 146 valence electrons. The molecule has 6 nitrogen and oxygen atoms in total. The highest BCUT2D eigenvalue weighted by molar-refractivity contribution is 7.89. The van der Waals surface area contributed by atoms with Gasteiger partial charge in [-0.05, 0) is 42.5 Å². The second-order valence-corrected chi connectivity index (χ2v) is 9.49. The van der Waals surface area contributed by atoms with Crippen molar-refractivity contribution in [3.8, 4) is 0 Å². The number of nitrogens with one attached hydrogen (secondary N) is 1. The molecule has 0 saturated carbocycles. The molecule has 3 rings (SSSR count). The number of morpholine rings is 1. The van der Waals surface area contributed by atoms with Crippen LogP contribution in [-0.4, -0.2) is 44.9 Å². The van der Waals surface area contributed by atoms with Crippen LogP contribution in [0.2, 0.25) is 5.02 Å². The lowest BCUT2D eigenvalue weighted by Crippen LogP contribution is -2.40. The summed E-state index contributed by atoms with van der Waals surface area (Å²) in [7, 11) is -3.73. The van der Waals surface area contributed by atoms with E-state index in [4.69, 9.17) is 16.3 Å². The number of benzene rings is 1. The number of rotatable bonds is 7. The van der Waals surface area contributed by atoms with E-state index in [1.165, 1.54) is 21.3 Å². The van der Waals surface area contributed by atoms with Gasteiger partial charge in [-0.25, -0.2) is 8.42 Å². The summed E-state index contributed by atoms with van der Waals surface area (Å²) in [5.41, 5.74) is 0.423. The number of carbonyl (C=O) groups is 1. The second kappa shape index (κ2) is 9.16. The number of aryl methyl sites for hydroxylation is 1. The third-order valence-electron chi connectivity index (χ3n) is 4.21. The minimum absolute atomic E-state index is 0.00227. The van der Waals surface area contributed by atoms with E-state index in [1.54, 1.807) is 17.4 Å². The Morgan fingerprint density at radius 1 is 1.26 bits per heavy atom. The van der Waals surface area contributed by atoms with Gasteiger partial charge in [0.15, 0.2) is 0 Å². The van der Waals surface area contributed by atoms with Gasteiger partial charge in [0, 0.05) is 30.1 Å². The Bertz CT molecular complexity index is 879. The zero-order valence-electron chi connectivity index (χ0n) is 14.7. The van der Waals surface area contributed by atoms with Gasteiger partial charge in [0.1, 0.15) is 4.90 Å². The van der Waals surface area contributed by atoms with Crippen molar-refractivity contribution in [3.63, 3.8) is 0 Å². The summed E-state index contributed by atoms with van der Waals surface area (Å²) in [6, 6.07) is 8.56. The minimum atomic E-state index is -3.73. The van der Waals surface area contributed by atoms with Crippen LogP contribution in [0.4, 0.5) is 5.69 Å². The van der Waals surface area contributed by atoms with Gasteiger partial charge in [-0.1, -0.05) is 17.7 Å².